The Morgan fingerprint density at radius 1 is 1.37 bits per heavy atom. The number of piperidine rings is 1. The second kappa shape index (κ2) is 6.73. The van der Waals surface area contributed by atoms with Gasteiger partial charge in [0.05, 0.1) is 12.3 Å². The van der Waals surface area contributed by atoms with Crippen molar-refractivity contribution in [2.75, 3.05) is 31.6 Å². The maximum absolute atomic E-state index is 9.16. The smallest absolute Gasteiger partial charge is 0.0682 e. The van der Waals surface area contributed by atoms with Crippen molar-refractivity contribution >= 4 is 21.6 Å². The Morgan fingerprint density at radius 3 is 2.58 bits per heavy atom. The van der Waals surface area contributed by atoms with Crippen LogP contribution in [0.5, 0.6) is 0 Å². The van der Waals surface area contributed by atoms with Crippen LogP contribution < -0.4 is 4.90 Å². The lowest BCUT2D eigenvalue weighted by atomic mass is 10.0. The molecule has 0 aromatic heterocycles. The molecule has 0 spiro atoms. The van der Waals surface area contributed by atoms with Gasteiger partial charge in [0.2, 0.25) is 0 Å². The largest absolute Gasteiger partial charge is 0.392 e. The highest BCUT2D eigenvalue weighted by Gasteiger charge is 2.22. The Balaban J connectivity index is 2.05. The zero-order valence-electron chi connectivity index (χ0n) is 11.8. The summed E-state index contributed by atoms with van der Waals surface area (Å²) in [5.74, 6) is 0. The molecule has 106 valence electrons. The molecule has 1 aliphatic rings. The van der Waals surface area contributed by atoms with E-state index >= 15 is 0 Å². The summed E-state index contributed by atoms with van der Waals surface area (Å²) in [5.41, 5.74) is 2.16. The molecular formula is C15H23BrN2O. The number of likely N-dealkylation sites (tertiary alicyclic amines) is 1. The number of benzene rings is 1. The number of halogens is 1. The Morgan fingerprint density at radius 2 is 2.05 bits per heavy atom. The molecule has 0 unspecified atom stereocenters. The highest BCUT2D eigenvalue weighted by Crippen LogP contribution is 2.30. The number of aliphatic hydroxyl groups is 1. The Bertz CT molecular complexity index is 417. The molecule has 1 saturated heterocycles. The lowest BCUT2D eigenvalue weighted by Gasteiger charge is -2.37. The lowest BCUT2D eigenvalue weighted by Crippen LogP contribution is -2.43. The van der Waals surface area contributed by atoms with E-state index < -0.39 is 0 Å². The standard InChI is InChI=1S/C15H23BrN2O/c1-3-18-8-6-13(7-9-18)17(2)15-5-4-12(11-19)10-14(15)16/h4-5,10,13,19H,3,6-9,11H2,1-2H3. The Kier molecular flexibility index (Phi) is 5.25. The molecule has 19 heavy (non-hydrogen) atoms. The van der Waals surface area contributed by atoms with Crippen LogP contribution in [0.1, 0.15) is 25.3 Å². The predicted octanol–water partition coefficient (Wildman–Crippen LogP) is 2.86. The van der Waals surface area contributed by atoms with Gasteiger partial charge in [-0.2, -0.15) is 0 Å². The summed E-state index contributed by atoms with van der Waals surface area (Å²) < 4.78 is 1.07. The van der Waals surface area contributed by atoms with Crippen LogP contribution in [0.3, 0.4) is 0 Å². The normalized spacial score (nSPS) is 17.7. The van der Waals surface area contributed by atoms with Crippen LogP contribution in [-0.2, 0) is 6.61 Å². The number of nitrogens with zero attached hydrogens (tertiary/aromatic N) is 2. The number of anilines is 1. The van der Waals surface area contributed by atoms with Crippen molar-refractivity contribution in [3.8, 4) is 0 Å². The van der Waals surface area contributed by atoms with E-state index in [2.05, 4.69) is 45.8 Å². The van der Waals surface area contributed by atoms with Crippen molar-refractivity contribution in [3.63, 3.8) is 0 Å². The van der Waals surface area contributed by atoms with Crippen LogP contribution in [0, 0.1) is 0 Å². The fraction of sp³-hybridized carbons (Fsp3) is 0.600. The maximum atomic E-state index is 9.16. The molecule has 4 heteroatoms. The van der Waals surface area contributed by atoms with Gasteiger partial charge in [-0.1, -0.05) is 13.0 Å². The van der Waals surface area contributed by atoms with Gasteiger partial charge >= 0.3 is 0 Å². The fourth-order valence-corrected chi connectivity index (χ4v) is 3.46. The third-order valence-electron chi connectivity index (χ3n) is 4.13. The predicted molar refractivity (Wildman–Crippen MR) is 83.6 cm³/mol. The number of rotatable bonds is 4. The van der Waals surface area contributed by atoms with Crippen LogP contribution in [0.25, 0.3) is 0 Å². The Hall–Kier alpha value is -0.580. The molecule has 1 aromatic carbocycles. The summed E-state index contributed by atoms with van der Waals surface area (Å²) in [6, 6.07) is 6.71. The molecule has 0 atom stereocenters. The first-order chi connectivity index (χ1) is 9.15. The maximum Gasteiger partial charge on any atom is 0.0682 e. The minimum atomic E-state index is 0.0947. The van der Waals surface area contributed by atoms with Crippen molar-refractivity contribution in [2.45, 2.75) is 32.4 Å². The molecule has 1 aliphatic heterocycles. The number of hydrogen-bond acceptors (Lipinski definition) is 3. The molecule has 1 N–H and O–H groups in total. The highest BCUT2D eigenvalue weighted by molar-refractivity contribution is 9.10. The van der Waals surface area contributed by atoms with Gasteiger partial charge in [0, 0.05) is 30.7 Å². The second-order valence-electron chi connectivity index (χ2n) is 5.22. The van der Waals surface area contributed by atoms with E-state index in [1.807, 2.05) is 12.1 Å². The van der Waals surface area contributed by atoms with Crippen LogP contribution in [0.4, 0.5) is 5.69 Å². The molecule has 0 aliphatic carbocycles. The summed E-state index contributed by atoms with van der Waals surface area (Å²) in [6.07, 6.45) is 2.44. The van der Waals surface area contributed by atoms with Crippen molar-refractivity contribution in [1.82, 2.24) is 4.90 Å². The SMILES string of the molecule is CCN1CCC(N(C)c2ccc(CO)cc2Br)CC1. The third-order valence-corrected chi connectivity index (χ3v) is 4.76. The van der Waals surface area contributed by atoms with Crippen LogP contribution in [-0.4, -0.2) is 42.7 Å². The molecule has 0 amide bonds. The van der Waals surface area contributed by atoms with Crippen molar-refractivity contribution in [3.05, 3.63) is 28.2 Å². The molecule has 2 rings (SSSR count). The lowest BCUT2D eigenvalue weighted by molar-refractivity contribution is 0.221. The molecule has 3 nitrogen and oxygen atoms in total. The minimum Gasteiger partial charge on any atom is -0.392 e. The highest BCUT2D eigenvalue weighted by atomic mass is 79.9. The molecule has 0 bridgehead atoms. The first kappa shape index (κ1) is 14.8. The first-order valence-corrected chi connectivity index (χ1v) is 7.79. The van der Waals surface area contributed by atoms with E-state index in [9.17, 15) is 0 Å². The van der Waals surface area contributed by atoms with Crippen LogP contribution in [0.2, 0.25) is 0 Å². The second-order valence-corrected chi connectivity index (χ2v) is 6.07. The average molecular weight is 327 g/mol. The zero-order valence-corrected chi connectivity index (χ0v) is 13.4. The van der Waals surface area contributed by atoms with Gasteiger partial charge in [-0.05, 0) is 53.0 Å². The Labute approximate surface area is 124 Å². The molecule has 1 heterocycles. The van der Waals surface area contributed by atoms with Gasteiger partial charge in [-0.15, -0.1) is 0 Å². The van der Waals surface area contributed by atoms with E-state index in [0.29, 0.717) is 6.04 Å². The van der Waals surface area contributed by atoms with Crippen molar-refractivity contribution in [1.29, 1.82) is 0 Å². The van der Waals surface area contributed by atoms with Gasteiger partial charge in [0.15, 0.2) is 0 Å². The van der Waals surface area contributed by atoms with Crippen LogP contribution in [0.15, 0.2) is 22.7 Å². The van der Waals surface area contributed by atoms with Crippen molar-refractivity contribution in [2.24, 2.45) is 0 Å². The summed E-state index contributed by atoms with van der Waals surface area (Å²) in [4.78, 5) is 4.88. The van der Waals surface area contributed by atoms with E-state index in [0.717, 1.165) is 16.6 Å². The summed E-state index contributed by atoms with van der Waals surface area (Å²) >= 11 is 3.62. The quantitative estimate of drug-likeness (QED) is 0.921. The van der Waals surface area contributed by atoms with E-state index in [1.54, 1.807) is 0 Å². The number of hydrogen-bond donors (Lipinski definition) is 1. The molecule has 0 radical (unpaired) electrons. The first-order valence-electron chi connectivity index (χ1n) is 7.00. The summed E-state index contributed by atoms with van der Waals surface area (Å²) in [7, 11) is 2.17. The molecule has 1 aromatic rings. The molecule has 1 fully saturated rings. The van der Waals surface area contributed by atoms with Gasteiger partial charge in [0.25, 0.3) is 0 Å². The summed E-state index contributed by atoms with van der Waals surface area (Å²) in [6.45, 7) is 5.87. The topological polar surface area (TPSA) is 26.7 Å². The van der Waals surface area contributed by atoms with E-state index in [1.165, 1.54) is 31.6 Å². The number of aliphatic hydroxyl groups excluding tert-OH is 1. The van der Waals surface area contributed by atoms with E-state index in [4.69, 9.17) is 5.11 Å². The molecular weight excluding hydrogens is 304 g/mol. The summed E-state index contributed by atoms with van der Waals surface area (Å²) in [5, 5.41) is 9.16. The van der Waals surface area contributed by atoms with Gasteiger partial charge in [-0.25, -0.2) is 0 Å². The van der Waals surface area contributed by atoms with Crippen LogP contribution >= 0.6 is 15.9 Å². The van der Waals surface area contributed by atoms with Gasteiger partial charge < -0.3 is 14.9 Å². The monoisotopic (exact) mass is 326 g/mol. The van der Waals surface area contributed by atoms with E-state index in [-0.39, 0.29) is 6.61 Å². The zero-order chi connectivity index (χ0) is 13.8. The third kappa shape index (κ3) is 3.50. The molecule has 0 saturated carbocycles. The fourth-order valence-electron chi connectivity index (χ4n) is 2.75. The van der Waals surface area contributed by atoms with Gasteiger partial charge in [0.1, 0.15) is 0 Å². The average Bonchev–Trinajstić information content (AvgIpc) is 2.46. The minimum absolute atomic E-state index is 0.0947. The van der Waals surface area contributed by atoms with Gasteiger partial charge in [-0.3, -0.25) is 0 Å². The van der Waals surface area contributed by atoms with Crippen molar-refractivity contribution < 1.29 is 5.11 Å².